The number of aromatic nitrogens is 1. The van der Waals surface area contributed by atoms with Gasteiger partial charge in [0.05, 0.1) is 21.1 Å². The zero-order chi connectivity index (χ0) is 18.2. The molecule has 0 saturated carbocycles. The molecule has 3 N–H and O–H groups in total. The summed E-state index contributed by atoms with van der Waals surface area (Å²) in [6.45, 7) is 0. The molecule has 0 saturated heterocycles. The molecule has 0 aliphatic carbocycles. The fraction of sp³-hybridized carbons (Fsp3) is 0.0625. The van der Waals surface area contributed by atoms with Gasteiger partial charge in [-0.2, -0.15) is 0 Å². The van der Waals surface area contributed by atoms with Crippen LogP contribution in [0.3, 0.4) is 0 Å². The van der Waals surface area contributed by atoms with Crippen molar-refractivity contribution in [1.82, 2.24) is 4.98 Å². The predicted molar refractivity (Wildman–Crippen MR) is 97.4 cm³/mol. The van der Waals surface area contributed by atoms with Gasteiger partial charge in [0.15, 0.2) is 9.84 Å². The molecule has 0 unspecified atom stereocenters. The lowest BCUT2D eigenvalue weighted by Crippen LogP contribution is -2.16. The second kappa shape index (κ2) is 6.59. The maximum Gasteiger partial charge on any atom is 0.354 e. The fourth-order valence-electron chi connectivity index (χ4n) is 2.46. The van der Waals surface area contributed by atoms with E-state index >= 15 is 0 Å². The summed E-state index contributed by atoms with van der Waals surface area (Å²) in [7, 11) is -3.66. The Labute approximate surface area is 153 Å². The van der Waals surface area contributed by atoms with Gasteiger partial charge in [0.1, 0.15) is 11.6 Å². The van der Waals surface area contributed by atoms with Crippen LogP contribution in [0.5, 0.6) is 0 Å². The van der Waals surface area contributed by atoms with Crippen LogP contribution in [-0.2, 0) is 9.84 Å². The zero-order valence-corrected chi connectivity index (χ0v) is 14.9. The summed E-state index contributed by atoms with van der Waals surface area (Å²) >= 11 is 12.1. The number of aromatic carboxylic acids is 1. The normalized spacial score (nSPS) is 11.6. The number of halogens is 2. The number of H-pyrrole nitrogens is 1. The lowest BCUT2D eigenvalue weighted by molar-refractivity contribution is 0.0692. The van der Waals surface area contributed by atoms with Crippen LogP contribution in [0.4, 0.5) is 5.69 Å². The van der Waals surface area contributed by atoms with Gasteiger partial charge in [0, 0.05) is 10.4 Å². The molecule has 3 rings (SSSR count). The van der Waals surface area contributed by atoms with Crippen LogP contribution < -0.4 is 5.32 Å². The molecule has 6 nitrogen and oxygen atoms in total. The molecule has 3 aromatic rings. The third-order valence-electron chi connectivity index (χ3n) is 3.57. The van der Waals surface area contributed by atoms with E-state index in [9.17, 15) is 18.3 Å². The van der Waals surface area contributed by atoms with Crippen LogP contribution in [-0.4, -0.2) is 30.4 Å². The molecule has 2 aromatic carbocycles. The summed E-state index contributed by atoms with van der Waals surface area (Å²) in [6.07, 6.45) is 0. The summed E-state index contributed by atoms with van der Waals surface area (Å²) in [5.74, 6) is -1.73. The van der Waals surface area contributed by atoms with Gasteiger partial charge in [0.2, 0.25) is 0 Å². The Balaban J connectivity index is 2.04. The number of fused-ring (bicyclic) bond motifs is 1. The molecule has 0 amide bonds. The SMILES string of the molecule is O=C(O)c1[nH]c2cc(Cl)cc(Cl)c2c1NCS(=O)(=O)c1ccccc1. The molecular formula is C16H12Cl2N2O4S. The van der Waals surface area contributed by atoms with E-state index in [1.54, 1.807) is 18.2 Å². The largest absolute Gasteiger partial charge is 0.477 e. The van der Waals surface area contributed by atoms with Crippen molar-refractivity contribution in [3.05, 3.63) is 58.2 Å². The number of benzene rings is 2. The van der Waals surface area contributed by atoms with Gasteiger partial charge in [0.25, 0.3) is 0 Å². The number of anilines is 1. The minimum atomic E-state index is -3.66. The molecule has 0 aliphatic heterocycles. The van der Waals surface area contributed by atoms with Crippen LogP contribution in [0.25, 0.3) is 10.9 Å². The molecule has 0 aliphatic rings. The van der Waals surface area contributed by atoms with E-state index in [4.69, 9.17) is 23.2 Å². The van der Waals surface area contributed by atoms with Gasteiger partial charge < -0.3 is 15.4 Å². The predicted octanol–water partition coefficient (Wildman–Crippen LogP) is 4.02. The second-order valence-electron chi connectivity index (χ2n) is 5.24. The van der Waals surface area contributed by atoms with Gasteiger partial charge in [-0.1, -0.05) is 41.4 Å². The number of carbonyl (C=O) groups is 1. The minimum Gasteiger partial charge on any atom is -0.477 e. The van der Waals surface area contributed by atoms with E-state index < -0.39 is 21.7 Å². The molecular weight excluding hydrogens is 387 g/mol. The molecule has 9 heteroatoms. The molecule has 0 fully saturated rings. The highest BCUT2D eigenvalue weighted by molar-refractivity contribution is 7.91. The highest BCUT2D eigenvalue weighted by Gasteiger charge is 2.22. The third kappa shape index (κ3) is 3.44. The summed E-state index contributed by atoms with van der Waals surface area (Å²) < 4.78 is 24.8. The third-order valence-corrected chi connectivity index (χ3v) is 5.60. The number of aromatic amines is 1. The van der Waals surface area contributed by atoms with E-state index in [0.29, 0.717) is 15.9 Å². The Morgan fingerprint density at radius 1 is 1.16 bits per heavy atom. The van der Waals surface area contributed by atoms with Crippen LogP contribution in [0.15, 0.2) is 47.4 Å². The maximum atomic E-state index is 12.4. The smallest absolute Gasteiger partial charge is 0.354 e. The number of hydrogen-bond acceptors (Lipinski definition) is 4. The van der Waals surface area contributed by atoms with Crippen LogP contribution >= 0.6 is 23.2 Å². The lowest BCUT2D eigenvalue weighted by atomic mass is 10.2. The Hall–Kier alpha value is -2.22. The summed E-state index contributed by atoms with van der Waals surface area (Å²) in [5.41, 5.74) is 0.306. The summed E-state index contributed by atoms with van der Waals surface area (Å²) in [5, 5.41) is 13.0. The number of rotatable bonds is 5. The zero-order valence-electron chi connectivity index (χ0n) is 12.6. The number of carboxylic acids is 1. The first kappa shape index (κ1) is 17.6. The van der Waals surface area contributed by atoms with Gasteiger partial charge in [-0.3, -0.25) is 0 Å². The van der Waals surface area contributed by atoms with Crippen molar-refractivity contribution < 1.29 is 18.3 Å². The van der Waals surface area contributed by atoms with Crippen LogP contribution in [0.2, 0.25) is 10.0 Å². The summed E-state index contributed by atoms with van der Waals surface area (Å²) in [4.78, 5) is 14.3. The standard InChI is InChI=1S/C16H12Cl2N2O4S/c17-9-6-11(18)13-12(7-9)20-15(16(21)22)14(13)19-8-25(23,24)10-4-2-1-3-5-10/h1-7,19-20H,8H2,(H,21,22). The fourth-order valence-corrected chi connectivity index (χ4v) is 4.12. The van der Waals surface area contributed by atoms with Crippen molar-refractivity contribution >= 4 is 55.6 Å². The second-order valence-corrected chi connectivity index (χ2v) is 8.07. The molecule has 1 heterocycles. The van der Waals surface area contributed by atoms with Crippen LogP contribution in [0.1, 0.15) is 10.5 Å². The van der Waals surface area contributed by atoms with E-state index in [0.717, 1.165) is 0 Å². The number of hydrogen-bond donors (Lipinski definition) is 3. The van der Waals surface area contributed by atoms with Crippen molar-refractivity contribution in [2.75, 3.05) is 11.2 Å². The first-order valence-corrected chi connectivity index (χ1v) is 9.46. The monoisotopic (exact) mass is 398 g/mol. The average Bonchev–Trinajstić information content (AvgIpc) is 2.93. The Kier molecular flexibility index (Phi) is 4.64. The molecule has 130 valence electrons. The lowest BCUT2D eigenvalue weighted by Gasteiger charge is -2.09. The number of nitrogens with one attached hydrogen (secondary N) is 2. The Bertz CT molecular complexity index is 1060. The molecule has 0 spiro atoms. The van der Waals surface area contributed by atoms with E-state index in [-0.39, 0.29) is 21.3 Å². The van der Waals surface area contributed by atoms with E-state index in [2.05, 4.69) is 10.3 Å². The van der Waals surface area contributed by atoms with E-state index in [1.807, 2.05) is 0 Å². The topological polar surface area (TPSA) is 99.3 Å². The Morgan fingerprint density at radius 2 is 1.84 bits per heavy atom. The first-order valence-electron chi connectivity index (χ1n) is 7.05. The summed E-state index contributed by atoms with van der Waals surface area (Å²) in [6, 6.07) is 10.8. The van der Waals surface area contributed by atoms with Gasteiger partial charge >= 0.3 is 5.97 Å². The highest BCUT2D eigenvalue weighted by Crippen LogP contribution is 2.36. The molecule has 0 bridgehead atoms. The van der Waals surface area contributed by atoms with Crippen molar-refractivity contribution in [2.45, 2.75) is 4.90 Å². The molecule has 25 heavy (non-hydrogen) atoms. The minimum absolute atomic E-state index is 0.101. The molecule has 0 atom stereocenters. The average molecular weight is 399 g/mol. The number of carboxylic acid groups (broad SMARTS) is 1. The highest BCUT2D eigenvalue weighted by atomic mass is 35.5. The first-order chi connectivity index (χ1) is 11.8. The number of sulfone groups is 1. The van der Waals surface area contributed by atoms with Crippen molar-refractivity contribution in [3.63, 3.8) is 0 Å². The van der Waals surface area contributed by atoms with Gasteiger partial charge in [-0.05, 0) is 24.3 Å². The van der Waals surface area contributed by atoms with Crippen LogP contribution in [0, 0.1) is 0 Å². The molecule has 0 radical (unpaired) electrons. The van der Waals surface area contributed by atoms with Gasteiger partial charge in [-0.15, -0.1) is 0 Å². The van der Waals surface area contributed by atoms with Crippen molar-refractivity contribution in [2.24, 2.45) is 0 Å². The Morgan fingerprint density at radius 3 is 2.48 bits per heavy atom. The van der Waals surface area contributed by atoms with Crippen molar-refractivity contribution in [3.8, 4) is 0 Å². The molecule has 1 aromatic heterocycles. The van der Waals surface area contributed by atoms with E-state index in [1.165, 1.54) is 24.3 Å². The quantitative estimate of drug-likeness (QED) is 0.602. The van der Waals surface area contributed by atoms with Gasteiger partial charge in [-0.25, -0.2) is 13.2 Å². The van der Waals surface area contributed by atoms with Crippen molar-refractivity contribution in [1.29, 1.82) is 0 Å². The maximum absolute atomic E-state index is 12.4.